The summed E-state index contributed by atoms with van der Waals surface area (Å²) in [5, 5.41) is 10.6. The summed E-state index contributed by atoms with van der Waals surface area (Å²) >= 11 is 0. The fourth-order valence-corrected chi connectivity index (χ4v) is 13.0. The molecule has 94 heavy (non-hydrogen) atoms. The van der Waals surface area contributed by atoms with E-state index in [9.17, 15) is 43.2 Å². The quantitative estimate of drug-likeness (QED) is 0.0222. The maximum Gasteiger partial charge on any atom is 0.472 e. The summed E-state index contributed by atoms with van der Waals surface area (Å²) in [5.74, 6) is -0.614. The number of carbonyl (C=O) groups is 4. The molecule has 558 valence electrons. The Labute approximate surface area is 575 Å². The Hall–Kier alpha value is -1.94. The Morgan fingerprint density at radius 2 is 0.543 bits per heavy atom. The first-order chi connectivity index (χ1) is 45.4. The summed E-state index contributed by atoms with van der Waals surface area (Å²) in [7, 11) is -9.90. The molecule has 3 N–H and O–H groups in total. The maximum atomic E-state index is 13.1. The van der Waals surface area contributed by atoms with E-state index in [1.165, 1.54) is 199 Å². The van der Waals surface area contributed by atoms with Gasteiger partial charge in [-0.3, -0.25) is 37.3 Å². The van der Waals surface area contributed by atoms with Crippen LogP contribution in [0.2, 0.25) is 0 Å². The third-order valence-electron chi connectivity index (χ3n) is 17.8. The smallest absolute Gasteiger partial charge is 0.462 e. The van der Waals surface area contributed by atoms with Crippen LogP contribution < -0.4 is 0 Å². The standard InChI is InChI=1S/C75H146O17P2/c1-7-10-12-14-15-16-17-18-19-20-21-22-23-24-25-26-31-34-37-40-47-53-59-74(79)91-71(64-86-73(78)58-52-46-39-36-33-30-28-27-29-32-35-38-44-49-55-67(4)5)66-90-94(83,84)88-62-69(76)61-87-93(81,82)89-65-70(63-85-72(77)57-51-43-13-11-8-2)92-75(80)60-54-48-42-41-45-50-56-68(6)9-3/h67-71,76H,7-66H2,1-6H3,(H,81,82)(H,83,84)/t68?,69-,70+,71+/m0/s1. The van der Waals surface area contributed by atoms with Crippen LogP contribution in [-0.2, 0) is 65.4 Å². The first-order valence-corrected chi connectivity index (χ1v) is 42.0. The average Bonchev–Trinajstić information content (AvgIpc) is 1.70. The molecule has 0 bridgehead atoms. The molecule has 0 aromatic heterocycles. The minimum absolute atomic E-state index is 0.102. The summed E-state index contributed by atoms with van der Waals surface area (Å²) in [6.45, 7) is 9.46. The second-order valence-electron chi connectivity index (χ2n) is 27.8. The maximum absolute atomic E-state index is 13.1. The van der Waals surface area contributed by atoms with Gasteiger partial charge in [-0.15, -0.1) is 0 Å². The number of carbonyl (C=O) groups excluding carboxylic acids is 4. The Balaban J connectivity index is 5.11. The van der Waals surface area contributed by atoms with Gasteiger partial charge in [-0.25, -0.2) is 9.13 Å². The number of phosphoric ester groups is 2. The van der Waals surface area contributed by atoms with Crippen LogP contribution in [0.15, 0.2) is 0 Å². The van der Waals surface area contributed by atoms with E-state index in [0.29, 0.717) is 25.7 Å². The molecule has 0 aromatic rings. The van der Waals surface area contributed by atoms with Gasteiger partial charge in [-0.1, -0.05) is 337 Å². The van der Waals surface area contributed by atoms with Crippen molar-refractivity contribution in [2.75, 3.05) is 39.6 Å². The Morgan fingerprint density at radius 3 is 0.809 bits per heavy atom. The predicted molar refractivity (Wildman–Crippen MR) is 381 cm³/mol. The fourth-order valence-electron chi connectivity index (χ4n) is 11.4. The van der Waals surface area contributed by atoms with Crippen LogP contribution in [0.4, 0.5) is 0 Å². The number of phosphoric acid groups is 2. The highest BCUT2D eigenvalue weighted by atomic mass is 31.2. The number of esters is 4. The number of aliphatic hydroxyl groups is 1. The van der Waals surface area contributed by atoms with Crippen molar-refractivity contribution in [3.8, 4) is 0 Å². The van der Waals surface area contributed by atoms with Gasteiger partial charge in [0.25, 0.3) is 0 Å². The van der Waals surface area contributed by atoms with E-state index in [-0.39, 0.29) is 25.7 Å². The van der Waals surface area contributed by atoms with Gasteiger partial charge in [-0.05, 0) is 37.5 Å². The number of aliphatic hydroxyl groups excluding tert-OH is 1. The molecule has 6 atom stereocenters. The lowest BCUT2D eigenvalue weighted by molar-refractivity contribution is -0.161. The number of rotatable bonds is 74. The molecular weight excluding hydrogens is 1230 g/mol. The summed E-state index contributed by atoms with van der Waals surface area (Å²) in [6, 6.07) is 0. The molecule has 0 aliphatic carbocycles. The van der Waals surface area contributed by atoms with E-state index in [2.05, 4.69) is 41.5 Å². The predicted octanol–water partition coefficient (Wildman–Crippen LogP) is 21.9. The van der Waals surface area contributed by atoms with Crippen LogP contribution in [0.25, 0.3) is 0 Å². The molecule has 0 saturated heterocycles. The fraction of sp³-hybridized carbons (Fsp3) is 0.947. The van der Waals surface area contributed by atoms with Crippen molar-refractivity contribution in [3.63, 3.8) is 0 Å². The highest BCUT2D eigenvalue weighted by Gasteiger charge is 2.30. The molecular formula is C75H146O17P2. The lowest BCUT2D eigenvalue weighted by atomic mass is 10.00. The molecule has 0 aliphatic rings. The lowest BCUT2D eigenvalue weighted by Crippen LogP contribution is -2.30. The van der Waals surface area contributed by atoms with Gasteiger partial charge in [0.15, 0.2) is 12.2 Å². The van der Waals surface area contributed by atoms with Crippen molar-refractivity contribution in [3.05, 3.63) is 0 Å². The third kappa shape index (κ3) is 67.3. The molecule has 0 rings (SSSR count). The minimum atomic E-state index is -4.95. The van der Waals surface area contributed by atoms with Gasteiger partial charge in [0.1, 0.15) is 19.3 Å². The van der Waals surface area contributed by atoms with Crippen LogP contribution in [0.1, 0.15) is 388 Å². The summed E-state index contributed by atoms with van der Waals surface area (Å²) in [4.78, 5) is 72.4. The highest BCUT2D eigenvalue weighted by molar-refractivity contribution is 7.47. The number of unbranched alkanes of at least 4 members (excludes halogenated alkanes) is 43. The molecule has 3 unspecified atom stereocenters. The van der Waals surface area contributed by atoms with Gasteiger partial charge < -0.3 is 33.8 Å². The summed E-state index contributed by atoms with van der Waals surface area (Å²) in [5.41, 5.74) is 0. The number of ether oxygens (including phenoxy) is 4. The molecule has 0 aromatic carbocycles. The zero-order valence-corrected chi connectivity index (χ0v) is 63.1. The van der Waals surface area contributed by atoms with Crippen LogP contribution in [0.5, 0.6) is 0 Å². The molecule has 19 heteroatoms. The second kappa shape index (κ2) is 66.9. The van der Waals surface area contributed by atoms with E-state index in [4.69, 9.17) is 37.0 Å². The Kier molecular flexibility index (Phi) is 65.5. The van der Waals surface area contributed by atoms with E-state index in [1.54, 1.807) is 0 Å². The molecule has 0 radical (unpaired) electrons. The van der Waals surface area contributed by atoms with E-state index in [1.807, 2.05) is 0 Å². The van der Waals surface area contributed by atoms with E-state index in [0.717, 1.165) is 108 Å². The monoisotopic (exact) mass is 1380 g/mol. The van der Waals surface area contributed by atoms with E-state index < -0.39 is 97.5 Å². The summed E-state index contributed by atoms with van der Waals surface area (Å²) in [6.07, 6.45) is 54.8. The Bertz CT molecular complexity index is 1820. The Morgan fingerprint density at radius 1 is 0.309 bits per heavy atom. The van der Waals surface area contributed by atoms with Gasteiger partial charge in [0.05, 0.1) is 26.4 Å². The van der Waals surface area contributed by atoms with Crippen LogP contribution in [0.3, 0.4) is 0 Å². The number of hydrogen-bond donors (Lipinski definition) is 3. The van der Waals surface area contributed by atoms with Gasteiger partial charge in [0, 0.05) is 25.7 Å². The van der Waals surface area contributed by atoms with E-state index >= 15 is 0 Å². The van der Waals surface area contributed by atoms with Crippen molar-refractivity contribution in [1.82, 2.24) is 0 Å². The zero-order valence-electron chi connectivity index (χ0n) is 61.3. The molecule has 0 amide bonds. The second-order valence-corrected chi connectivity index (χ2v) is 30.7. The van der Waals surface area contributed by atoms with Crippen LogP contribution >= 0.6 is 15.6 Å². The first-order valence-electron chi connectivity index (χ1n) is 39.0. The molecule has 0 heterocycles. The normalized spacial score (nSPS) is 14.3. The van der Waals surface area contributed by atoms with Crippen molar-refractivity contribution in [2.45, 2.75) is 407 Å². The van der Waals surface area contributed by atoms with Gasteiger partial charge in [-0.2, -0.15) is 0 Å². The molecule has 0 fully saturated rings. The molecule has 0 spiro atoms. The third-order valence-corrected chi connectivity index (χ3v) is 19.7. The first kappa shape index (κ1) is 92.1. The van der Waals surface area contributed by atoms with Gasteiger partial charge >= 0.3 is 39.5 Å². The lowest BCUT2D eigenvalue weighted by Gasteiger charge is -2.21. The summed E-state index contributed by atoms with van der Waals surface area (Å²) < 4.78 is 68.2. The number of hydrogen-bond acceptors (Lipinski definition) is 15. The van der Waals surface area contributed by atoms with Crippen molar-refractivity contribution >= 4 is 39.5 Å². The largest absolute Gasteiger partial charge is 0.472 e. The van der Waals surface area contributed by atoms with Gasteiger partial charge in [0.2, 0.25) is 0 Å². The highest BCUT2D eigenvalue weighted by Crippen LogP contribution is 2.45. The SMILES string of the molecule is CCCCCCCCCCCCCCCCCCCCCCCCC(=O)O[C@H](COC(=O)CCCCCCCCCCCCCCCCC(C)C)COP(=O)(O)OC[C@@H](O)COP(=O)(O)OC[C@@H](COC(=O)CCCCCCC)OC(=O)CCCCCCCCC(C)CC. The molecule has 0 saturated carbocycles. The minimum Gasteiger partial charge on any atom is -0.462 e. The topological polar surface area (TPSA) is 237 Å². The molecule has 17 nitrogen and oxygen atoms in total. The van der Waals surface area contributed by atoms with Crippen molar-refractivity contribution < 1.29 is 80.2 Å². The average molecular weight is 1380 g/mol. The zero-order chi connectivity index (χ0) is 69.3. The van der Waals surface area contributed by atoms with Crippen molar-refractivity contribution in [1.29, 1.82) is 0 Å². The van der Waals surface area contributed by atoms with Crippen LogP contribution in [0, 0.1) is 11.8 Å². The molecule has 0 aliphatic heterocycles. The van der Waals surface area contributed by atoms with Crippen LogP contribution in [-0.4, -0.2) is 96.7 Å². The van der Waals surface area contributed by atoms with Crippen molar-refractivity contribution in [2.24, 2.45) is 11.8 Å².